The second-order valence-electron chi connectivity index (χ2n) is 3.60. The van der Waals surface area contributed by atoms with Crippen molar-refractivity contribution in [2.24, 2.45) is 0 Å². The molecule has 2 aromatic carbocycles. The Kier molecular flexibility index (Phi) is 3.15. The minimum absolute atomic E-state index is 0.0264. The van der Waals surface area contributed by atoms with Crippen molar-refractivity contribution in [3.8, 4) is 0 Å². The summed E-state index contributed by atoms with van der Waals surface area (Å²) in [6.45, 7) is 0. The summed E-state index contributed by atoms with van der Waals surface area (Å²) in [5, 5.41) is 9.86. The van der Waals surface area contributed by atoms with Crippen LogP contribution in [0.2, 0.25) is 0 Å². The van der Waals surface area contributed by atoms with Crippen LogP contribution in [0.15, 0.2) is 42.5 Å². The monoisotopic (exact) mass is 238 g/mol. The fourth-order valence-corrected chi connectivity index (χ4v) is 1.56. The van der Waals surface area contributed by atoms with Crippen molar-refractivity contribution in [2.45, 2.75) is 6.10 Å². The van der Waals surface area contributed by atoms with Crippen molar-refractivity contribution >= 4 is 0 Å². The fraction of sp³-hybridized carbons (Fsp3) is 0.0769. The first-order valence-corrected chi connectivity index (χ1v) is 4.97. The van der Waals surface area contributed by atoms with E-state index < -0.39 is 23.6 Å². The van der Waals surface area contributed by atoms with Gasteiger partial charge in [-0.15, -0.1) is 0 Å². The second kappa shape index (κ2) is 4.59. The standard InChI is InChI=1S/C13H9F3O/c14-10-4-2-1-3-9(10)13(17)8-5-6-11(15)12(16)7-8/h1-7,13,17H. The molecule has 17 heavy (non-hydrogen) atoms. The Bertz CT molecular complexity index is 540. The predicted octanol–water partition coefficient (Wildman–Crippen LogP) is 3.19. The van der Waals surface area contributed by atoms with Gasteiger partial charge in [0.25, 0.3) is 0 Å². The van der Waals surface area contributed by atoms with Crippen molar-refractivity contribution in [2.75, 3.05) is 0 Å². The molecule has 1 nitrogen and oxygen atoms in total. The Morgan fingerprint density at radius 3 is 2.18 bits per heavy atom. The smallest absolute Gasteiger partial charge is 0.159 e. The molecule has 4 heteroatoms. The molecule has 1 atom stereocenters. The predicted molar refractivity (Wildman–Crippen MR) is 56.8 cm³/mol. The van der Waals surface area contributed by atoms with Crippen molar-refractivity contribution in [1.82, 2.24) is 0 Å². The van der Waals surface area contributed by atoms with Crippen LogP contribution in [0.25, 0.3) is 0 Å². The second-order valence-corrected chi connectivity index (χ2v) is 3.60. The van der Waals surface area contributed by atoms with Crippen LogP contribution in [-0.4, -0.2) is 5.11 Å². The summed E-state index contributed by atoms with van der Waals surface area (Å²) in [7, 11) is 0. The number of aliphatic hydroxyl groups excluding tert-OH is 1. The molecule has 0 saturated carbocycles. The van der Waals surface area contributed by atoms with Gasteiger partial charge in [-0.1, -0.05) is 24.3 Å². The maximum atomic E-state index is 13.4. The third-order valence-corrected chi connectivity index (χ3v) is 2.46. The van der Waals surface area contributed by atoms with Gasteiger partial charge in [0.2, 0.25) is 0 Å². The Hall–Kier alpha value is -1.81. The van der Waals surface area contributed by atoms with E-state index in [0.717, 1.165) is 12.1 Å². The van der Waals surface area contributed by atoms with Crippen LogP contribution in [0.5, 0.6) is 0 Å². The molecule has 0 spiro atoms. The zero-order chi connectivity index (χ0) is 12.4. The zero-order valence-electron chi connectivity index (χ0n) is 8.70. The molecule has 1 N–H and O–H groups in total. The molecule has 0 bridgehead atoms. The molecule has 0 radical (unpaired) electrons. The average molecular weight is 238 g/mol. The van der Waals surface area contributed by atoms with Gasteiger partial charge < -0.3 is 5.11 Å². The zero-order valence-corrected chi connectivity index (χ0v) is 8.70. The molecule has 0 aliphatic rings. The first kappa shape index (κ1) is 11.7. The summed E-state index contributed by atoms with van der Waals surface area (Å²) in [6, 6.07) is 8.59. The lowest BCUT2D eigenvalue weighted by molar-refractivity contribution is 0.214. The molecule has 0 aromatic heterocycles. The Balaban J connectivity index is 2.40. The van der Waals surface area contributed by atoms with Crippen LogP contribution < -0.4 is 0 Å². The van der Waals surface area contributed by atoms with Crippen molar-refractivity contribution < 1.29 is 18.3 Å². The number of rotatable bonds is 2. The first-order chi connectivity index (χ1) is 8.09. The molecule has 2 aromatic rings. The largest absolute Gasteiger partial charge is 0.384 e. The van der Waals surface area contributed by atoms with Gasteiger partial charge in [-0.05, 0) is 23.8 Å². The van der Waals surface area contributed by atoms with Gasteiger partial charge in [0.15, 0.2) is 11.6 Å². The molecule has 0 aliphatic carbocycles. The lowest BCUT2D eigenvalue weighted by Gasteiger charge is -2.12. The summed E-state index contributed by atoms with van der Waals surface area (Å²) in [5.41, 5.74) is 0.132. The van der Waals surface area contributed by atoms with Crippen LogP contribution in [0.3, 0.4) is 0 Å². The minimum atomic E-state index is -1.31. The maximum Gasteiger partial charge on any atom is 0.159 e. The molecule has 0 aliphatic heterocycles. The molecule has 0 heterocycles. The number of halogens is 3. The molecule has 0 fully saturated rings. The molecular weight excluding hydrogens is 229 g/mol. The van der Waals surface area contributed by atoms with Gasteiger partial charge in [0.05, 0.1) is 0 Å². The highest BCUT2D eigenvalue weighted by Gasteiger charge is 2.16. The van der Waals surface area contributed by atoms with Crippen LogP contribution in [0.1, 0.15) is 17.2 Å². The summed E-state index contributed by atoms with van der Waals surface area (Å²) < 4.78 is 39.1. The van der Waals surface area contributed by atoms with Gasteiger partial charge >= 0.3 is 0 Å². The third kappa shape index (κ3) is 2.31. The highest BCUT2D eigenvalue weighted by molar-refractivity contribution is 5.31. The highest BCUT2D eigenvalue weighted by Crippen LogP contribution is 2.25. The molecular formula is C13H9F3O. The van der Waals surface area contributed by atoms with E-state index in [2.05, 4.69) is 0 Å². The Labute approximate surface area is 96.1 Å². The van der Waals surface area contributed by atoms with E-state index in [-0.39, 0.29) is 11.1 Å². The SMILES string of the molecule is OC(c1ccc(F)c(F)c1)c1ccccc1F. The number of hydrogen-bond acceptors (Lipinski definition) is 1. The van der Waals surface area contributed by atoms with E-state index in [0.29, 0.717) is 0 Å². The summed E-state index contributed by atoms with van der Waals surface area (Å²) in [4.78, 5) is 0. The van der Waals surface area contributed by atoms with Crippen molar-refractivity contribution in [1.29, 1.82) is 0 Å². The quantitative estimate of drug-likeness (QED) is 0.851. The van der Waals surface area contributed by atoms with Gasteiger partial charge in [-0.25, -0.2) is 13.2 Å². The maximum absolute atomic E-state index is 13.4. The van der Waals surface area contributed by atoms with Crippen LogP contribution >= 0.6 is 0 Å². The Morgan fingerprint density at radius 2 is 1.53 bits per heavy atom. The van der Waals surface area contributed by atoms with Crippen LogP contribution in [0.4, 0.5) is 13.2 Å². The van der Waals surface area contributed by atoms with Gasteiger partial charge in [-0.3, -0.25) is 0 Å². The van der Waals surface area contributed by atoms with Crippen LogP contribution in [0, 0.1) is 17.5 Å². The average Bonchev–Trinajstić information content (AvgIpc) is 2.32. The number of benzene rings is 2. The first-order valence-electron chi connectivity index (χ1n) is 4.97. The lowest BCUT2D eigenvalue weighted by atomic mass is 10.0. The Morgan fingerprint density at radius 1 is 0.824 bits per heavy atom. The van der Waals surface area contributed by atoms with E-state index in [1.807, 2.05) is 0 Å². The third-order valence-electron chi connectivity index (χ3n) is 2.46. The van der Waals surface area contributed by atoms with Gasteiger partial charge in [-0.2, -0.15) is 0 Å². The lowest BCUT2D eigenvalue weighted by Crippen LogP contribution is -2.03. The molecule has 0 amide bonds. The van der Waals surface area contributed by atoms with E-state index in [4.69, 9.17) is 0 Å². The number of aliphatic hydroxyl groups is 1. The normalized spacial score (nSPS) is 12.5. The topological polar surface area (TPSA) is 20.2 Å². The van der Waals surface area contributed by atoms with Gasteiger partial charge in [0.1, 0.15) is 11.9 Å². The highest BCUT2D eigenvalue weighted by atomic mass is 19.2. The van der Waals surface area contributed by atoms with Crippen molar-refractivity contribution in [3.05, 3.63) is 71.0 Å². The van der Waals surface area contributed by atoms with E-state index in [9.17, 15) is 18.3 Å². The fourth-order valence-electron chi connectivity index (χ4n) is 1.56. The van der Waals surface area contributed by atoms with Gasteiger partial charge in [0, 0.05) is 5.56 Å². The summed E-state index contributed by atoms with van der Waals surface area (Å²) >= 11 is 0. The van der Waals surface area contributed by atoms with E-state index >= 15 is 0 Å². The number of hydrogen-bond donors (Lipinski definition) is 1. The van der Waals surface area contributed by atoms with E-state index in [1.54, 1.807) is 6.07 Å². The summed E-state index contributed by atoms with van der Waals surface area (Å²) in [5.74, 6) is -2.67. The molecule has 0 saturated heterocycles. The minimum Gasteiger partial charge on any atom is -0.384 e. The van der Waals surface area contributed by atoms with Crippen molar-refractivity contribution in [3.63, 3.8) is 0 Å². The molecule has 2 rings (SSSR count). The summed E-state index contributed by atoms with van der Waals surface area (Å²) in [6.07, 6.45) is -1.31. The van der Waals surface area contributed by atoms with E-state index in [1.165, 1.54) is 24.3 Å². The molecule has 88 valence electrons. The van der Waals surface area contributed by atoms with Crippen LogP contribution in [-0.2, 0) is 0 Å². The molecule has 1 unspecified atom stereocenters.